The molecule has 3 nitrogen and oxygen atoms in total. The molecule has 1 atom stereocenters. The fourth-order valence-corrected chi connectivity index (χ4v) is 3.14. The van der Waals surface area contributed by atoms with E-state index in [-0.39, 0.29) is 5.54 Å². The molecule has 2 heterocycles. The Bertz CT molecular complexity index is 508. The molecule has 4 heteroatoms. The van der Waals surface area contributed by atoms with Gasteiger partial charge in [0.25, 0.3) is 0 Å². The molecule has 0 fully saturated rings. The Morgan fingerprint density at radius 2 is 2.20 bits per heavy atom. The summed E-state index contributed by atoms with van der Waals surface area (Å²) >= 11 is 1.83. The highest BCUT2D eigenvalue weighted by Gasteiger charge is 2.18. The Kier molecular flexibility index (Phi) is 5.00. The Hall–Kier alpha value is -1.13. The summed E-state index contributed by atoms with van der Waals surface area (Å²) in [6.07, 6.45) is 6.28. The van der Waals surface area contributed by atoms with Crippen molar-refractivity contribution in [2.24, 2.45) is 0 Å². The number of hydrogen-bond acceptors (Lipinski definition) is 3. The van der Waals surface area contributed by atoms with E-state index in [2.05, 4.69) is 60.1 Å². The predicted molar refractivity (Wildman–Crippen MR) is 86.2 cm³/mol. The summed E-state index contributed by atoms with van der Waals surface area (Å²) in [6.45, 7) is 9.67. The quantitative estimate of drug-likeness (QED) is 0.863. The third kappa shape index (κ3) is 3.93. The van der Waals surface area contributed by atoms with Crippen LogP contribution < -0.4 is 5.32 Å². The van der Waals surface area contributed by atoms with Gasteiger partial charge in [0.2, 0.25) is 0 Å². The molecule has 0 bridgehead atoms. The van der Waals surface area contributed by atoms with Gasteiger partial charge in [-0.25, -0.2) is 4.98 Å². The fraction of sp³-hybridized carbons (Fsp3) is 0.562. The second-order valence-electron chi connectivity index (χ2n) is 6.22. The van der Waals surface area contributed by atoms with E-state index >= 15 is 0 Å². The molecule has 0 aliphatic carbocycles. The van der Waals surface area contributed by atoms with Crippen LogP contribution in [-0.2, 0) is 6.54 Å². The average molecular weight is 291 g/mol. The van der Waals surface area contributed by atoms with Crippen LogP contribution in [0.3, 0.4) is 0 Å². The van der Waals surface area contributed by atoms with Gasteiger partial charge in [0.15, 0.2) is 0 Å². The van der Waals surface area contributed by atoms with Crippen molar-refractivity contribution in [3.05, 3.63) is 40.6 Å². The van der Waals surface area contributed by atoms with Gasteiger partial charge in [-0.3, -0.25) is 0 Å². The van der Waals surface area contributed by atoms with Gasteiger partial charge in [-0.1, -0.05) is 19.4 Å². The fourth-order valence-electron chi connectivity index (χ4n) is 2.28. The molecule has 0 spiro atoms. The Morgan fingerprint density at radius 3 is 2.80 bits per heavy atom. The van der Waals surface area contributed by atoms with Gasteiger partial charge < -0.3 is 9.88 Å². The van der Waals surface area contributed by atoms with Gasteiger partial charge in [-0.2, -0.15) is 0 Å². The van der Waals surface area contributed by atoms with Crippen LogP contribution in [0.4, 0.5) is 0 Å². The molecule has 2 aromatic heterocycles. The van der Waals surface area contributed by atoms with Crippen LogP contribution in [-0.4, -0.2) is 15.1 Å². The molecule has 2 aromatic rings. The molecule has 20 heavy (non-hydrogen) atoms. The van der Waals surface area contributed by atoms with E-state index in [1.54, 1.807) is 0 Å². The van der Waals surface area contributed by atoms with Gasteiger partial charge >= 0.3 is 0 Å². The largest absolute Gasteiger partial charge is 0.325 e. The van der Waals surface area contributed by atoms with E-state index in [0.29, 0.717) is 6.04 Å². The molecular weight excluding hydrogens is 266 g/mol. The first kappa shape index (κ1) is 15.3. The molecule has 1 N–H and O–H groups in total. The van der Waals surface area contributed by atoms with Crippen molar-refractivity contribution in [2.45, 2.75) is 58.7 Å². The van der Waals surface area contributed by atoms with E-state index in [9.17, 15) is 0 Å². The van der Waals surface area contributed by atoms with Crippen LogP contribution in [0.2, 0.25) is 0 Å². The van der Waals surface area contributed by atoms with Crippen molar-refractivity contribution >= 4 is 11.3 Å². The summed E-state index contributed by atoms with van der Waals surface area (Å²) in [4.78, 5) is 5.78. The van der Waals surface area contributed by atoms with Crippen molar-refractivity contribution in [3.8, 4) is 0 Å². The zero-order chi connectivity index (χ0) is 14.6. The van der Waals surface area contributed by atoms with Crippen LogP contribution in [0.25, 0.3) is 0 Å². The van der Waals surface area contributed by atoms with Crippen molar-refractivity contribution in [1.82, 2.24) is 14.9 Å². The molecule has 0 amide bonds. The van der Waals surface area contributed by atoms with Crippen LogP contribution in [0.1, 0.15) is 57.1 Å². The number of aromatic nitrogens is 2. The minimum absolute atomic E-state index is 0.123. The number of hydrogen-bond donors (Lipinski definition) is 1. The zero-order valence-corrected chi connectivity index (χ0v) is 13.7. The van der Waals surface area contributed by atoms with E-state index in [4.69, 9.17) is 0 Å². The lowest BCUT2D eigenvalue weighted by molar-refractivity contribution is 0.409. The molecule has 0 saturated carbocycles. The van der Waals surface area contributed by atoms with Gasteiger partial charge in [0.1, 0.15) is 0 Å². The topological polar surface area (TPSA) is 29.9 Å². The van der Waals surface area contributed by atoms with Crippen molar-refractivity contribution < 1.29 is 0 Å². The minimum Gasteiger partial charge on any atom is -0.325 e. The lowest BCUT2D eigenvalue weighted by Crippen LogP contribution is -2.35. The van der Waals surface area contributed by atoms with Crippen LogP contribution in [0, 0.1) is 0 Å². The second kappa shape index (κ2) is 6.55. The highest BCUT2D eigenvalue weighted by atomic mass is 32.1. The predicted octanol–water partition coefficient (Wildman–Crippen LogP) is 4.22. The highest BCUT2D eigenvalue weighted by molar-refractivity contribution is 7.10. The van der Waals surface area contributed by atoms with E-state index < -0.39 is 0 Å². The minimum atomic E-state index is 0.123. The zero-order valence-electron chi connectivity index (χ0n) is 12.9. The third-order valence-electron chi connectivity index (χ3n) is 3.32. The number of imidazole rings is 1. The molecule has 0 radical (unpaired) electrons. The maximum atomic E-state index is 4.36. The van der Waals surface area contributed by atoms with E-state index in [0.717, 1.165) is 13.0 Å². The lowest BCUT2D eigenvalue weighted by Gasteiger charge is -2.23. The molecule has 1 unspecified atom stereocenters. The Labute approximate surface area is 126 Å². The van der Waals surface area contributed by atoms with Crippen LogP contribution in [0.5, 0.6) is 0 Å². The lowest BCUT2D eigenvalue weighted by atomic mass is 10.1. The first-order valence-electron chi connectivity index (χ1n) is 7.30. The molecule has 0 aliphatic heterocycles. The standard InChI is InChI=1S/C16H25N3S/c1-5-7-14(15-8-6-9-20-15)19-12-17-10-13(19)11-18-16(2,3)4/h6,8-10,12,14,18H,5,7,11H2,1-4H3. The number of thiophene rings is 1. The molecule has 110 valence electrons. The van der Waals surface area contributed by atoms with E-state index in [1.807, 2.05) is 23.9 Å². The molecule has 0 aromatic carbocycles. The summed E-state index contributed by atoms with van der Waals surface area (Å²) in [6, 6.07) is 4.78. The van der Waals surface area contributed by atoms with Gasteiger partial charge in [-0.15, -0.1) is 11.3 Å². The normalized spacial score (nSPS) is 13.6. The van der Waals surface area contributed by atoms with Gasteiger partial charge in [0, 0.05) is 23.2 Å². The van der Waals surface area contributed by atoms with Crippen molar-refractivity contribution in [1.29, 1.82) is 0 Å². The summed E-state index contributed by atoms with van der Waals surface area (Å²) in [5.74, 6) is 0. The van der Waals surface area contributed by atoms with Gasteiger partial charge in [0.05, 0.1) is 18.1 Å². The highest BCUT2D eigenvalue weighted by Crippen LogP contribution is 2.28. The molecular formula is C16H25N3S. The Balaban J connectivity index is 2.20. The van der Waals surface area contributed by atoms with Crippen LogP contribution in [0.15, 0.2) is 30.0 Å². The number of nitrogens with one attached hydrogen (secondary N) is 1. The number of rotatable bonds is 6. The average Bonchev–Trinajstić information content (AvgIpc) is 3.04. The smallest absolute Gasteiger partial charge is 0.0954 e. The maximum Gasteiger partial charge on any atom is 0.0954 e. The summed E-state index contributed by atoms with van der Waals surface area (Å²) in [7, 11) is 0. The maximum absolute atomic E-state index is 4.36. The van der Waals surface area contributed by atoms with Crippen molar-refractivity contribution in [3.63, 3.8) is 0 Å². The third-order valence-corrected chi connectivity index (χ3v) is 4.29. The second-order valence-corrected chi connectivity index (χ2v) is 7.19. The summed E-state index contributed by atoms with van der Waals surface area (Å²) in [5.41, 5.74) is 1.38. The van der Waals surface area contributed by atoms with Gasteiger partial charge in [-0.05, 0) is 38.6 Å². The summed E-state index contributed by atoms with van der Waals surface area (Å²) < 4.78 is 2.33. The number of nitrogens with zero attached hydrogens (tertiary/aromatic N) is 2. The SMILES string of the molecule is CCCC(c1cccs1)n1cncc1CNC(C)(C)C. The first-order chi connectivity index (χ1) is 9.51. The van der Waals surface area contributed by atoms with Crippen molar-refractivity contribution in [2.75, 3.05) is 0 Å². The first-order valence-corrected chi connectivity index (χ1v) is 8.18. The Morgan fingerprint density at radius 1 is 1.40 bits per heavy atom. The van der Waals surface area contributed by atoms with Crippen LogP contribution >= 0.6 is 11.3 Å². The summed E-state index contributed by atoms with van der Waals surface area (Å²) in [5, 5.41) is 5.70. The monoisotopic (exact) mass is 291 g/mol. The molecule has 2 rings (SSSR count). The molecule has 0 saturated heterocycles. The van der Waals surface area contributed by atoms with E-state index in [1.165, 1.54) is 17.0 Å². The molecule has 0 aliphatic rings.